The fraction of sp³-hybridized carbons (Fsp3) is 0.263. The van der Waals surface area contributed by atoms with Crippen LogP contribution in [0.3, 0.4) is 0 Å². The number of thiophene rings is 1. The fourth-order valence-corrected chi connectivity index (χ4v) is 3.77. The first kappa shape index (κ1) is 16.0. The van der Waals surface area contributed by atoms with Gasteiger partial charge in [0.15, 0.2) is 5.82 Å². The Hall–Kier alpha value is -2.47. The number of fused-ring (bicyclic) bond motifs is 1. The lowest BCUT2D eigenvalue weighted by Crippen LogP contribution is -2.30. The highest BCUT2D eigenvalue weighted by molar-refractivity contribution is 7.12. The van der Waals surface area contributed by atoms with Crippen molar-refractivity contribution in [1.29, 1.82) is 0 Å². The number of hydrogen-bond donors (Lipinski definition) is 1. The van der Waals surface area contributed by atoms with E-state index in [1.165, 1.54) is 23.8 Å². The van der Waals surface area contributed by atoms with Gasteiger partial charge in [-0.1, -0.05) is 6.07 Å². The first-order valence-electron chi connectivity index (χ1n) is 8.41. The Kier molecular flexibility index (Phi) is 4.36. The van der Waals surface area contributed by atoms with Crippen molar-refractivity contribution < 1.29 is 9.18 Å². The van der Waals surface area contributed by atoms with Crippen molar-refractivity contribution in [3.05, 3.63) is 52.5 Å². The third kappa shape index (κ3) is 3.35. The Balaban J connectivity index is 1.62. The van der Waals surface area contributed by atoms with Crippen molar-refractivity contribution >= 4 is 39.7 Å². The lowest BCUT2D eigenvalue weighted by molar-refractivity contribution is 0.103. The second kappa shape index (κ2) is 6.80. The molecule has 0 aliphatic carbocycles. The number of hydrogen-bond acceptors (Lipinski definition) is 4. The fourth-order valence-electron chi connectivity index (χ4n) is 3.15. The lowest BCUT2D eigenvalue weighted by atomic mass is 10.1. The highest BCUT2D eigenvalue weighted by Crippen LogP contribution is 2.26. The van der Waals surface area contributed by atoms with Gasteiger partial charge >= 0.3 is 0 Å². The molecule has 4 rings (SSSR count). The van der Waals surface area contributed by atoms with E-state index in [1.54, 1.807) is 12.1 Å². The third-order valence-electron chi connectivity index (χ3n) is 4.41. The number of nitrogens with one attached hydrogen (secondary N) is 1. The van der Waals surface area contributed by atoms with Crippen LogP contribution in [-0.2, 0) is 0 Å². The van der Waals surface area contributed by atoms with Gasteiger partial charge in [-0.3, -0.25) is 4.79 Å². The van der Waals surface area contributed by atoms with Gasteiger partial charge in [0.2, 0.25) is 0 Å². The number of carbonyl (C=O) groups excluding carboxylic acids is 1. The van der Waals surface area contributed by atoms with Crippen molar-refractivity contribution in [3.63, 3.8) is 0 Å². The number of aromatic nitrogens is 1. The first-order valence-corrected chi connectivity index (χ1v) is 9.29. The Labute approximate surface area is 149 Å². The van der Waals surface area contributed by atoms with Crippen molar-refractivity contribution in [2.75, 3.05) is 23.3 Å². The number of nitrogens with zero attached hydrogens (tertiary/aromatic N) is 2. The smallest absolute Gasteiger partial charge is 0.265 e. The predicted molar refractivity (Wildman–Crippen MR) is 100 cm³/mol. The minimum absolute atomic E-state index is 0.230. The summed E-state index contributed by atoms with van der Waals surface area (Å²) in [6.07, 6.45) is 3.54. The second-order valence-electron chi connectivity index (χ2n) is 6.18. The summed E-state index contributed by atoms with van der Waals surface area (Å²) in [5.74, 6) is 0.172. The van der Waals surface area contributed by atoms with Crippen LogP contribution in [0.2, 0.25) is 0 Å². The van der Waals surface area contributed by atoms with E-state index >= 15 is 0 Å². The molecule has 6 heteroatoms. The number of benzene rings is 1. The zero-order valence-corrected chi connectivity index (χ0v) is 14.5. The van der Waals surface area contributed by atoms with E-state index in [4.69, 9.17) is 0 Å². The first-order chi connectivity index (χ1) is 12.2. The summed E-state index contributed by atoms with van der Waals surface area (Å²) in [4.78, 5) is 19.4. The van der Waals surface area contributed by atoms with Gasteiger partial charge < -0.3 is 10.2 Å². The molecule has 0 radical (unpaired) electrons. The minimum Gasteiger partial charge on any atom is -0.357 e. The average molecular weight is 355 g/mol. The number of pyridine rings is 1. The largest absolute Gasteiger partial charge is 0.357 e. The van der Waals surface area contributed by atoms with E-state index in [9.17, 15) is 9.18 Å². The van der Waals surface area contributed by atoms with Crippen LogP contribution in [0.5, 0.6) is 0 Å². The zero-order chi connectivity index (χ0) is 17.2. The molecule has 0 atom stereocenters. The normalized spacial score (nSPS) is 14.7. The van der Waals surface area contributed by atoms with Crippen LogP contribution in [0, 0.1) is 5.82 Å². The summed E-state index contributed by atoms with van der Waals surface area (Å²) >= 11 is 1.35. The minimum atomic E-state index is -0.419. The molecule has 1 amide bonds. The number of amides is 1. The number of carbonyl (C=O) groups is 1. The van der Waals surface area contributed by atoms with Crippen molar-refractivity contribution in [2.24, 2.45) is 0 Å². The van der Waals surface area contributed by atoms with Crippen LogP contribution in [0.25, 0.3) is 10.9 Å². The SMILES string of the molecule is O=C(Nc1cc(F)c2nc(N3CCCCC3)ccc2c1)c1cccs1. The molecule has 1 fully saturated rings. The molecule has 1 aromatic carbocycles. The molecule has 1 aliphatic rings. The topological polar surface area (TPSA) is 45.2 Å². The Morgan fingerprint density at radius 3 is 2.76 bits per heavy atom. The van der Waals surface area contributed by atoms with E-state index < -0.39 is 5.82 Å². The monoisotopic (exact) mass is 355 g/mol. The Morgan fingerprint density at radius 2 is 2.00 bits per heavy atom. The molecule has 2 aromatic heterocycles. The van der Waals surface area contributed by atoms with Crippen LogP contribution in [0.1, 0.15) is 28.9 Å². The molecule has 1 aliphatic heterocycles. The Bertz CT molecular complexity index is 904. The highest BCUT2D eigenvalue weighted by atomic mass is 32.1. The maximum atomic E-state index is 14.6. The molecule has 128 valence electrons. The molecule has 0 unspecified atom stereocenters. The number of rotatable bonds is 3. The summed E-state index contributed by atoms with van der Waals surface area (Å²) < 4.78 is 14.6. The molecule has 0 spiro atoms. The van der Waals surface area contributed by atoms with E-state index in [2.05, 4.69) is 15.2 Å². The summed E-state index contributed by atoms with van der Waals surface area (Å²) in [5.41, 5.74) is 0.785. The van der Waals surface area contributed by atoms with Gasteiger partial charge in [-0.15, -0.1) is 11.3 Å². The standard InChI is InChI=1S/C19H18FN3OS/c20-15-12-14(21-19(24)16-5-4-10-25-16)11-13-6-7-17(22-18(13)15)23-8-2-1-3-9-23/h4-7,10-12H,1-3,8-9H2,(H,21,24). The third-order valence-corrected chi connectivity index (χ3v) is 5.28. The van der Waals surface area contributed by atoms with Crippen LogP contribution in [0.4, 0.5) is 15.9 Å². The van der Waals surface area contributed by atoms with Crippen LogP contribution in [-0.4, -0.2) is 24.0 Å². The number of piperidine rings is 1. The summed E-state index contributed by atoms with van der Waals surface area (Å²) in [6, 6.07) is 10.4. The van der Waals surface area contributed by atoms with Crippen LogP contribution in [0.15, 0.2) is 41.8 Å². The molecular weight excluding hydrogens is 337 g/mol. The zero-order valence-electron chi connectivity index (χ0n) is 13.7. The van der Waals surface area contributed by atoms with Gasteiger partial charge in [-0.25, -0.2) is 9.37 Å². The van der Waals surface area contributed by atoms with Gasteiger partial charge in [0.25, 0.3) is 5.91 Å². The van der Waals surface area contributed by atoms with E-state index in [-0.39, 0.29) is 5.91 Å². The molecule has 3 aromatic rings. The Morgan fingerprint density at radius 1 is 1.16 bits per heavy atom. The lowest BCUT2D eigenvalue weighted by Gasteiger charge is -2.27. The van der Waals surface area contributed by atoms with E-state index in [0.717, 1.165) is 31.7 Å². The maximum Gasteiger partial charge on any atom is 0.265 e. The van der Waals surface area contributed by atoms with Gasteiger partial charge in [-0.2, -0.15) is 0 Å². The van der Waals surface area contributed by atoms with Crippen molar-refractivity contribution in [2.45, 2.75) is 19.3 Å². The quantitative estimate of drug-likeness (QED) is 0.742. The molecule has 4 nitrogen and oxygen atoms in total. The second-order valence-corrected chi connectivity index (χ2v) is 7.13. The highest BCUT2D eigenvalue weighted by Gasteiger charge is 2.15. The van der Waals surface area contributed by atoms with E-state index in [0.29, 0.717) is 21.5 Å². The molecular formula is C19H18FN3OS. The molecule has 0 saturated carbocycles. The van der Waals surface area contributed by atoms with Crippen molar-refractivity contribution in [1.82, 2.24) is 4.98 Å². The van der Waals surface area contributed by atoms with Gasteiger partial charge in [0.05, 0.1) is 4.88 Å². The molecule has 1 saturated heterocycles. The molecule has 3 heterocycles. The van der Waals surface area contributed by atoms with Crippen molar-refractivity contribution in [3.8, 4) is 0 Å². The van der Waals surface area contributed by atoms with Crippen LogP contribution >= 0.6 is 11.3 Å². The van der Waals surface area contributed by atoms with Gasteiger partial charge in [-0.05, 0) is 55.0 Å². The molecule has 0 bridgehead atoms. The number of halogens is 1. The summed E-state index contributed by atoms with van der Waals surface area (Å²) in [5, 5.41) is 5.27. The predicted octanol–water partition coefficient (Wildman–Crippen LogP) is 4.68. The summed E-state index contributed by atoms with van der Waals surface area (Å²) in [6.45, 7) is 1.93. The van der Waals surface area contributed by atoms with E-state index in [1.807, 2.05) is 23.6 Å². The van der Waals surface area contributed by atoms with Gasteiger partial charge in [0, 0.05) is 24.2 Å². The summed E-state index contributed by atoms with van der Waals surface area (Å²) in [7, 11) is 0. The average Bonchev–Trinajstić information content (AvgIpc) is 3.17. The molecule has 1 N–H and O–H groups in total. The van der Waals surface area contributed by atoms with Gasteiger partial charge in [0.1, 0.15) is 11.3 Å². The molecule has 25 heavy (non-hydrogen) atoms. The number of anilines is 2. The maximum absolute atomic E-state index is 14.6. The van der Waals surface area contributed by atoms with Crippen LogP contribution < -0.4 is 10.2 Å².